The molecule has 0 saturated carbocycles. The smallest absolute Gasteiger partial charge is 0.263 e. The van der Waals surface area contributed by atoms with E-state index < -0.39 is 10.0 Å². The van der Waals surface area contributed by atoms with E-state index in [1.54, 1.807) is 17.6 Å². The fourth-order valence-electron chi connectivity index (χ4n) is 2.43. The van der Waals surface area contributed by atoms with E-state index in [0.29, 0.717) is 35.4 Å². The summed E-state index contributed by atoms with van der Waals surface area (Å²) in [5, 5.41) is 2.28. The zero-order chi connectivity index (χ0) is 18.0. The van der Waals surface area contributed by atoms with Crippen LogP contribution < -0.4 is 14.2 Å². The van der Waals surface area contributed by atoms with Gasteiger partial charge in [-0.1, -0.05) is 6.07 Å². The van der Waals surface area contributed by atoms with Gasteiger partial charge in [0.15, 0.2) is 17.3 Å². The number of thiazole rings is 1. The topological polar surface area (TPSA) is 90.4 Å². The van der Waals surface area contributed by atoms with E-state index in [9.17, 15) is 8.42 Å². The van der Waals surface area contributed by atoms with Crippen molar-refractivity contribution in [3.8, 4) is 22.2 Å². The van der Waals surface area contributed by atoms with Gasteiger partial charge in [0.2, 0.25) is 0 Å². The molecule has 134 valence electrons. The maximum absolute atomic E-state index is 12.7. The van der Waals surface area contributed by atoms with Crippen LogP contribution in [0.3, 0.4) is 0 Å². The second-order valence-corrected chi connectivity index (χ2v) is 8.06. The van der Waals surface area contributed by atoms with Crippen LogP contribution in [0.2, 0.25) is 0 Å². The van der Waals surface area contributed by atoms with Crippen molar-refractivity contribution in [3.63, 3.8) is 0 Å². The van der Waals surface area contributed by atoms with Gasteiger partial charge in [-0.3, -0.25) is 9.71 Å². The lowest BCUT2D eigenvalue weighted by Crippen LogP contribution is -2.13. The highest BCUT2D eigenvalue weighted by Crippen LogP contribution is 2.33. The molecule has 0 fully saturated rings. The van der Waals surface area contributed by atoms with E-state index in [2.05, 4.69) is 14.7 Å². The largest absolute Gasteiger partial charge is 0.490 e. The van der Waals surface area contributed by atoms with Crippen molar-refractivity contribution in [1.82, 2.24) is 9.97 Å². The van der Waals surface area contributed by atoms with E-state index in [1.807, 2.05) is 18.2 Å². The number of sulfonamides is 1. The number of hydrogen-bond acceptors (Lipinski definition) is 7. The SMILES string of the molecule is O=S(=O)(Nc1csc(-c2ccccn2)n1)c1ccc2c(c1)OCCCO2. The van der Waals surface area contributed by atoms with E-state index in [1.165, 1.54) is 23.5 Å². The molecule has 0 saturated heterocycles. The van der Waals surface area contributed by atoms with Crippen LogP contribution in [0, 0.1) is 0 Å². The molecule has 1 aliphatic rings. The second-order valence-electron chi connectivity index (χ2n) is 5.52. The first kappa shape index (κ1) is 16.8. The summed E-state index contributed by atoms with van der Waals surface area (Å²) < 4.78 is 38.9. The summed E-state index contributed by atoms with van der Waals surface area (Å²) >= 11 is 1.32. The van der Waals surface area contributed by atoms with Gasteiger partial charge in [-0.15, -0.1) is 11.3 Å². The predicted octanol–water partition coefficient (Wildman–Crippen LogP) is 3.17. The zero-order valence-corrected chi connectivity index (χ0v) is 15.2. The molecule has 3 heterocycles. The van der Waals surface area contributed by atoms with Crippen LogP contribution in [0.4, 0.5) is 5.82 Å². The van der Waals surface area contributed by atoms with E-state index in [-0.39, 0.29) is 10.7 Å². The third-order valence-corrected chi connectivity index (χ3v) is 5.87. The number of ether oxygens (including phenoxy) is 2. The van der Waals surface area contributed by atoms with Gasteiger partial charge in [-0.05, 0) is 24.3 Å². The quantitative estimate of drug-likeness (QED) is 0.737. The summed E-state index contributed by atoms with van der Waals surface area (Å²) in [7, 11) is -3.79. The van der Waals surface area contributed by atoms with Crippen molar-refractivity contribution in [1.29, 1.82) is 0 Å². The van der Waals surface area contributed by atoms with Crippen LogP contribution in [0.5, 0.6) is 11.5 Å². The molecule has 4 rings (SSSR count). The maximum Gasteiger partial charge on any atom is 0.263 e. The average Bonchev–Trinajstić information content (AvgIpc) is 2.97. The van der Waals surface area contributed by atoms with Crippen molar-refractivity contribution in [2.45, 2.75) is 11.3 Å². The predicted molar refractivity (Wildman–Crippen MR) is 98.2 cm³/mol. The lowest BCUT2D eigenvalue weighted by atomic mass is 10.3. The average molecular weight is 389 g/mol. The standard InChI is InChI=1S/C17H15N3O4S2/c21-26(22,12-5-6-14-15(10-12)24-9-3-8-23-14)20-16-11-25-17(19-16)13-4-1-2-7-18-13/h1-2,4-7,10-11,20H,3,8-9H2. The fourth-order valence-corrected chi connectivity index (χ4v) is 4.24. The number of fused-ring (bicyclic) bond motifs is 1. The van der Waals surface area contributed by atoms with Crippen molar-refractivity contribution in [2.75, 3.05) is 17.9 Å². The van der Waals surface area contributed by atoms with Gasteiger partial charge in [0, 0.05) is 24.1 Å². The normalized spacial score (nSPS) is 13.8. The maximum atomic E-state index is 12.7. The molecule has 0 spiro atoms. The molecule has 7 nitrogen and oxygen atoms in total. The summed E-state index contributed by atoms with van der Waals surface area (Å²) in [4.78, 5) is 8.61. The van der Waals surface area contributed by atoms with Gasteiger partial charge >= 0.3 is 0 Å². The highest BCUT2D eigenvalue weighted by Gasteiger charge is 2.20. The van der Waals surface area contributed by atoms with E-state index in [0.717, 1.165) is 6.42 Å². The number of anilines is 1. The Morgan fingerprint density at radius 3 is 2.73 bits per heavy atom. The van der Waals surface area contributed by atoms with Gasteiger partial charge in [0.25, 0.3) is 10.0 Å². The first-order valence-corrected chi connectivity index (χ1v) is 10.3. The Morgan fingerprint density at radius 2 is 1.92 bits per heavy atom. The molecule has 2 aromatic heterocycles. The van der Waals surface area contributed by atoms with E-state index in [4.69, 9.17) is 9.47 Å². The molecule has 1 aliphatic heterocycles. The number of nitrogens with one attached hydrogen (secondary N) is 1. The molecule has 9 heteroatoms. The Bertz CT molecular complexity index is 1020. The van der Waals surface area contributed by atoms with Crippen molar-refractivity contribution in [2.24, 2.45) is 0 Å². The Kier molecular flexibility index (Phi) is 4.48. The molecule has 0 atom stereocenters. The lowest BCUT2D eigenvalue weighted by molar-refractivity contribution is 0.297. The molecule has 26 heavy (non-hydrogen) atoms. The minimum Gasteiger partial charge on any atom is -0.490 e. The van der Waals surface area contributed by atoms with Crippen molar-refractivity contribution in [3.05, 3.63) is 48.0 Å². The van der Waals surface area contributed by atoms with Gasteiger partial charge < -0.3 is 9.47 Å². The summed E-state index contributed by atoms with van der Waals surface area (Å²) in [5.41, 5.74) is 0.693. The Hall–Kier alpha value is -2.65. The lowest BCUT2D eigenvalue weighted by Gasteiger charge is -2.10. The molecule has 0 bridgehead atoms. The van der Waals surface area contributed by atoms with Crippen LogP contribution >= 0.6 is 11.3 Å². The Morgan fingerprint density at radius 1 is 1.08 bits per heavy atom. The van der Waals surface area contributed by atoms with Crippen molar-refractivity contribution < 1.29 is 17.9 Å². The van der Waals surface area contributed by atoms with Crippen LogP contribution in [-0.4, -0.2) is 31.6 Å². The number of pyridine rings is 1. The molecular weight excluding hydrogens is 374 g/mol. The summed E-state index contributed by atoms with van der Waals surface area (Å²) in [6, 6.07) is 10.0. The third-order valence-electron chi connectivity index (χ3n) is 3.66. The van der Waals surface area contributed by atoms with Gasteiger partial charge in [-0.2, -0.15) is 0 Å². The first-order valence-electron chi connectivity index (χ1n) is 7.91. The van der Waals surface area contributed by atoms with Gasteiger partial charge in [-0.25, -0.2) is 13.4 Å². The highest BCUT2D eigenvalue weighted by molar-refractivity contribution is 7.92. The molecule has 0 amide bonds. The summed E-state index contributed by atoms with van der Waals surface area (Å²) in [6.07, 6.45) is 2.42. The van der Waals surface area contributed by atoms with Crippen LogP contribution in [-0.2, 0) is 10.0 Å². The van der Waals surface area contributed by atoms with Gasteiger partial charge in [0.05, 0.1) is 23.8 Å². The molecule has 1 aromatic carbocycles. The molecular formula is C17H15N3O4S2. The second kappa shape index (κ2) is 6.93. The number of benzene rings is 1. The molecule has 0 aliphatic carbocycles. The van der Waals surface area contributed by atoms with Crippen LogP contribution in [0.15, 0.2) is 52.9 Å². The van der Waals surface area contributed by atoms with Crippen LogP contribution in [0.1, 0.15) is 6.42 Å². The monoisotopic (exact) mass is 389 g/mol. The Labute approximate surface area is 154 Å². The van der Waals surface area contributed by atoms with Crippen LogP contribution in [0.25, 0.3) is 10.7 Å². The zero-order valence-electron chi connectivity index (χ0n) is 13.6. The molecule has 0 unspecified atom stereocenters. The molecule has 0 radical (unpaired) electrons. The number of rotatable bonds is 4. The highest BCUT2D eigenvalue weighted by atomic mass is 32.2. The first-order chi connectivity index (χ1) is 12.6. The minimum absolute atomic E-state index is 0.0918. The summed E-state index contributed by atoms with van der Waals surface area (Å²) in [6.45, 7) is 1.04. The molecule has 1 N–H and O–H groups in total. The Balaban J connectivity index is 1.58. The third kappa shape index (κ3) is 3.49. The van der Waals surface area contributed by atoms with Crippen molar-refractivity contribution >= 4 is 27.2 Å². The number of nitrogens with zero attached hydrogens (tertiary/aromatic N) is 2. The molecule has 3 aromatic rings. The minimum atomic E-state index is -3.79. The number of hydrogen-bond donors (Lipinski definition) is 1. The fraction of sp³-hybridized carbons (Fsp3) is 0.176. The van der Waals surface area contributed by atoms with E-state index >= 15 is 0 Å². The summed E-state index contributed by atoms with van der Waals surface area (Å²) in [5.74, 6) is 1.23. The number of aromatic nitrogens is 2. The van der Waals surface area contributed by atoms with Gasteiger partial charge in [0.1, 0.15) is 5.01 Å².